The summed E-state index contributed by atoms with van der Waals surface area (Å²) in [5, 5.41) is 8.40. The zero-order chi connectivity index (χ0) is 20.0. The molecule has 0 aliphatic rings. The van der Waals surface area contributed by atoms with E-state index in [1.807, 2.05) is 6.92 Å². The van der Waals surface area contributed by atoms with Crippen LogP contribution in [-0.4, -0.2) is 24.3 Å². The third kappa shape index (κ3) is 37.6. The molecule has 0 aliphatic heterocycles. The van der Waals surface area contributed by atoms with Crippen LogP contribution in [0.25, 0.3) is 0 Å². The van der Waals surface area contributed by atoms with Gasteiger partial charge in [0.25, 0.3) is 0 Å². The van der Waals surface area contributed by atoms with Gasteiger partial charge in [-0.1, -0.05) is 75.7 Å². The van der Waals surface area contributed by atoms with Crippen molar-refractivity contribution in [3.63, 3.8) is 0 Å². The molecule has 0 aromatic carbocycles. The molecule has 0 aromatic rings. The molecule has 0 radical (unpaired) electrons. The zero-order valence-electron chi connectivity index (χ0n) is 18.5. The van der Waals surface area contributed by atoms with Gasteiger partial charge >= 0.3 is 5.97 Å². The van der Waals surface area contributed by atoms with Gasteiger partial charge in [0.2, 0.25) is 0 Å². The summed E-state index contributed by atoms with van der Waals surface area (Å²) in [6, 6.07) is 0. The number of ether oxygens (including phenoxy) is 1. The smallest absolute Gasteiger partial charge is 0.305 e. The second kappa shape index (κ2) is 13.7. The third-order valence-electron chi connectivity index (χ3n) is 3.31. The maximum atomic E-state index is 10.9. The van der Waals surface area contributed by atoms with E-state index in [2.05, 4.69) is 69.2 Å². The van der Waals surface area contributed by atoms with Crippen molar-refractivity contribution in [2.24, 2.45) is 16.2 Å². The van der Waals surface area contributed by atoms with Gasteiger partial charge < -0.3 is 9.84 Å². The van der Waals surface area contributed by atoms with E-state index in [1.165, 1.54) is 6.42 Å². The molecule has 0 saturated carbocycles. The molecular weight excluding hydrogens is 300 g/mol. The number of carbonyl (C=O) groups excluding carboxylic acids is 1. The van der Waals surface area contributed by atoms with Crippen LogP contribution in [-0.2, 0) is 9.53 Å². The molecule has 24 heavy (non-hydrogen) atoms. The Morgan fingerprint density at radius 1 is 0.792 bits per heavy atom. The fraction of sp³-hybridized carbons (Fsp3) is 0.952. The van der Waals surface area contributed by atoms with E-state index in [0.717, 1.165) is 12.8 Å². The van der Waals surface area contributed by atoms with Crippen LogP contribution in [0, 0.1) is 16.2 Å². The first-order valence-electron chi connectivity index (χ1n) is 9.34. The van der Waals surface area contributed by atoms with Gasteiger partial charge in [-0.3, -0.25) is 4.79 Å². The highest BCUT2D eigenvalue weighted by molar-refractivity contribution is 5.69. The topological polar surface area (TPSA) is 46.5 Å². The van der Waals surface area contributed by atoms with E-state index in [0.29, 0.717) is 30.5 Å². The maximum Gasteiger partial charge on any atom is 0.305 e. The average Bonchev–Trinajstić information content (AvgIpc) is 2.35. The molecule has 0 atom stereocenters. The fourth-order valence-corrected chi connectivity index (χ4v) is 1.05. The van der Waals surface area contributed by atoms with Crippen LogP contribution in [0.4, 0.5) is 0 Å². The highest BCUT2D eigenvalue weighted by Crippen LogP contribution is 2.20. The van der Waals surface area contributed by atoms with Gasteiger partial charge in [0.05, 0.1) is 6.61 Å². The van der Waals surface area contributed by atoms with Crippen LogP contribution in [0.15, 0.2) is 0 Å². The summed E-state index contributed by atoms with van der Waals surface area (Å²) in [6.45, 7) is 24.3. The molecule has 0 bridgehead atoms. The van der Waals surface area contributed by atoms with Crippen LogP contribution in [0.5, 0.6) is 0 Å². The number of carbonyl (C=O) groups is 1. The largest absolute Gasteiger partial charge is 0.466 e. The second-order valence-corrected chi connectivity index (χ2v) is 9.81. The number of aliphatic hydroxyl groups is 1. The highest BCUT2D eigenvalue weighted by atomic mass is 16.5. The summed E-state index contributed by atoms with van der Waals surface area (Å²) in [6.07, 6.45) is 3.60. The summed E-state index contributed by atoms with van der Waals surface area (Å²) in [7, 11) is 0. The molecule has 0 fully saturated rings. The molecular formula is C21H46O3. The molecule has 3 nitrogen and oxygen atoms in total. The lowest BCUT2D eigenvalue weighted by Gasteiger charge is -2.16. The first kappa shape index (κ1) is 28.2. The van der Waals surface area contributed by atoms with Crippen molar-refractivity contribution in [3.05, 3.63) is 0 Å². The highest BCUT2D eigenvalue weighted by Gasteiger charge is 2.12. The standard InChI is InChI=1S/C9H18O2.C6H14O.C6H14/c1-5-11-8(10)6-7-9(2,3)4;1-6(2,3)4-5-7;1-5-6(2,3)4/h5-7H2,1-4H3;7H,4-5H2,1-3H3;5H2,1-4H3. The van der Waals surface area contributed by atoms with Gasteiger partial charge in [-0.15, -0.1) is 0 Å². The zero-order valence-corrected chi connectivity index (χ0v) is 18.5. The Hall–Kier alpha value is -0.570. The molecule has 0 saturated heterocycles. The molecule has 0 aromatic heterocycles. The quantitative estimate of drug-likeness (QED) is 0.613. The van der Waals surface area contributed by atoms with Crippen LogP contribution in [0.1, 0.15) is 102 Å². The number of rotatable bonds is 4. The molecule has 0 unspecified atom stereocenters. The molecule has 3 heteroatoms. The number of hydrogen-bond donors (Lipinski definition) is 1. The first-order valence-corrected chi connectivity index (χ1v) is 9.34. The molecule has 0 amide bonds. The third-order valence-corrected chi connectivity index (χ3v) is 3.31. The second-order valence-electron chi connectivity index (χ2n) is 9.81. The average molecular weight is 347 g/mol. The molecule has 0 rings (SSSR count). The molecule has 0 heterocycles. The summed E-state index contributed by atoms with van der Waals surface area (Å²) in [5.74, 6) is -0.0811. The normalized spacial score (nSPS) is 11.7. The van der Waals surface area contributed by atoms with Crippen molar-refractivity contribution in [2.75, 3.05) is 13.2 Å². The van der Waals surface area contributed by atoms with Crippen molar-refractivity contribution in [3.8, 4) is 0 Å². The summed E-state index contributed by atoms with van der Waals surface area (Å²) < 4.78 is 4.80. The lowest BCUT2D eigenvalue weighted by atomic mass is 9.91. The van der Waals surface area contributed by atoms with Gasteiger partial charge in [-0.25, -0.2) is 0 Å². The molecule has 0 spiro atoms. The minimum absolute atomic E-state index is 0.0811. The number of esters is 1. The van der Waals surface area contributed by atoms with Gasteiger partial charge in [0, 0.05) is 13.0 Å². The van der Waals surface area contributed by atoms with Gasteiger partial charge in [0.1, 0.15) is 0 Å². The minimum Gasteiger partial charge on any atom is -0.466 e. The van der Waals surface area contributed by atoms with Crippen molar-refractivity contribution < 1.29 is 14.6 Å². The number of hydrogen-bond acceptors (Lipinski definition) is 3. The van der Waals surface area contributed by atoms with Crippen molar-refractivity contribution in [1.29, 1.82) is 0 Å². The minimum atomic E-state index is -0.0811. The molecule has 1 N–H and O–H groups in total. The Morgan fingerprint density at radius 2 is 1.17 bits per heavy atom. The van der Waals surface area contributed by atoms with E-state index in [1.54, 1.807) is 0 Å². The Balaban J connectivity index is -0.000000294. The van der Waals surface area contributed by atoms with Gasteiger partial charge in [-0.05, 0) is 36.0 Å². The summed E-state index contributed by atoms with van der Waals surface area (Å²) in [5.41, 5.74) is 1.07. The van der Waals surface area contributed by atoms with Crippen LogP contribution >= 0.6 is 0 Å². The molecule has 0 aliphatic carbocycles. The van der Waals surface area contributed by atoms with Crippen LogP contribution in [0.2, 0.25) is 0 Å². The van der Waals surface area contributed by atoms with Crippen molar-refractivity contribution >= 4 is 5.97 Å². The lowest BCUT2D eigenvalue weighted by molar-refractivity contribution is -0.143. The van der Waals surface area contributed by atoms with E-state index < -0.39 is 0 Å². The fourth-order valence-electron chi connectivity index (χ4n) is 1.05. The van der Waals surface area contributed by atoms with E-state index in [9.17, 15) is 4.79 Å². The maximum absolute atomic E-state index is 10.9. The summed E-state index contributed by atoms with van der Waals surface area (Å²) in [4.78, 5) is 10.9. The predicted octanol–water partition coefficient (Wildman–Crippen LogP) is 6.23. The summed E-state index contributed by atoms with van der Waals surface area (Å²) >= 11 is 0. The first-order chi connectivity index (χ1) is 10.6. The predicted molar refractivity (Wildman–Crippen MR) is 106 cm³/mol. The Bertz CT molecular complexity index is 288. The van der Waals surface area contributed by atoms with Crippen molar-refractivity contribution in [2.45, 2.75) is 102 Å². The lowest BCUT2D eigenvalue weighted by Crippen LogP contribution is -2.10. The van der Waals surface area contributed by atoms with E-state index in [-0.39, 0.29) is 11.4 Å². The van der Waals surface area contributed by atoms with Gasteiger partial charge in [0.15, 0.2) is 0 Å². The van der Waals surface area contributed by atoms with Crippen molar-refractivity contribution in [1.82, 2.24) is 0 Å². The SMILES string of the molecule is CC(C)(C)CCO.CCC(C)(C)C.CCOC(=O)CCC(C)(C)C. The monoisotopic (exact) mass is 346 g/mol. The van der Waals surface area contributed by atoms with E-state index >= 15 is 0 Å². The Labute approximate surface area is 152 Å². The van der Waals surface area contributed by atoms with Gasteiger partial charge in [-0.2, -0.15) is 0 Å². The Kier molecular flexibility index (Phi) is 16.1. The van der Waals surface area contributed by atoms with Crippen LogP contribution < -0.4 is 0 Å². The number of aliphatic hydroxyl groups excluding tert-OH is 1. The van der Waals surface area contributed by atoms with E-state index in [4.69, 9.17) is 9.84 Å². The molecule has 148 valence electrons. The Morgan fingerprint density at radius 3 is 1.33 bits per heavy atom. The van der Waals surface area contributed by atoms with Crippen LogP contribution in [0.3, 0.4) is 0 Å².